The summed E-state index contributed by atoms with van der Waals surface area (Å²) in [4.78, 5) is 28.0. The number of nitrogens with one attached hydrogen (secondary N) is 1. The van der Waals surface area contributed by atoms with Gasteiger partial charge in [0.05, 0.1) is 18.1 Å². The molecule has 1 saturated heterocycles. The van der Waals surface area contributed by atoms with Gasteiger partial charge in [-0.15, -0.1) is 11.3 Å². The SMILES string of the molecule is O=C(O)c1csc(CNC(=O)N2CCCS(=O)(=O)CC2)n1. The summed E-state index contributed by atoms with van der Waals surface area (Å²) in [5.74, 6) is -1.03. The summed E-state index contributed by atoms with van der Waals surface area (Å²) < 4.78 is 22.9. The van der Waals surface area contributed by atoms with Crippen molar-refractivity contribution in [2.24, 2.45) is 0 Å². The van der Waals surface area contributed by atoms with Gasteiger partial charge in [0.2, 0.25) is 0 Å². The predicted octanol–water partition coefficient (Wildman–Crippen LogP) is 0.171. The van der Waals surface area contributed by atoms with Crippen molar-refractivity contribution >= 4 is 33.2 Å². The minimum Gasteiger partial charge on any atom is -0.476 e. The molecular weight excluding hydrogens is 318 g/mol. The number of carbonyl (C=O) groups excluding carboxylic acids is 1. The highest BCUT2D eigenvalue weighted by atomic mass is 32.2. The summed E-state index contributed by atoms with van der Waals surface area (Å²) in [5, 5.41) is 13.3. The molecule has 2 rings (SSSR count). The van der Waals surface area contributed by atoms with E-state index < -0.39 is 15.8 Å². The van der Waals surface area contributed by atoms with Crippen LogP contribution < -0.4 is 5.32 Å². The molecule has 0 bridgehead atoms. The standard InChI is InChI=1S/C11H15N3O5S2/c15-10(16)8-7-20-9(13-8)6-12-11(17)14-2-1-4-21(18,19)5-3-14/h7H,1-6H2,(H,12,17)(H,15,16). The molecule has 0 radical (unpaired) electrons. The van der Waals surface area contributed by atoms with Crippen LogP contribution >= 0.6 is 11.3 Å². The van der Waals surface area contributed by atoms with Crippen LogP contribution in [0.2, 0.25) is 0 Å². The number of aromatic nitrogens is 1. The third kappa shape index (κ3) is 4.39. The van der Waals surface area contributed by atoms with E-state index in [1.54, 1.807) is 0 Å². The van der Waals surface area contributed by atoms with E-state index in [1.165, 1.54) is 10.3 Å². The molecular formula is C11H15N3O5S2. The summed E-state index contributed by atoms with van der Waals surface area (Å²) in [6, 6.07) is -0.362. The Morgan fingerprint density at radius 3 is 2.81 bits per heavy atom. The fraction of sp³-hybridized carbons (Fsp3) is 0.545. The van der Waals surface area contributed by atoms with Crippen molar-refractivity contribution in [3.63, 3.8) is 0 Å². The maximum absolute atomic E-state index is 12.0. The zero-order valence-electron chi connectivity index (χ0n) is 11.1. The molecule has 0 spiro atoms. The number of thiazole rings is 1. The Labute approximate surface area is 125 Å². The van der Waals surface area contributed by atoms with E-state index in [9.17, 15) is 18.0 Å². The number of hydrogen-bond donors (Lipinski definition) is 2. The molecule has 10 heteroatoms. The number of nitrogens with zero attached hydrogens (tertiary/aromatic N) is 2. The van der Waals surface area contributed by atoms with Gasteiger partial charge in [0.1, 0.15) is 5.01 Å². The monoisotopic (exact) mass is 333 g/mol. The van der Waals surface area contributed by atoms with Crippen LogP contribution in [0.5, 0.6) is 0 Å². The molecule has 1 aromatic heterocycles. The van der Waals surface area contributed by atoms with E-state index in [-0.39, 0.29) is 36.3 Å². The van der Waals surface area contributed by atoms with Crippen molar-refractivity contribution in [3.8, 4) is 0 Å². The zero-order valence-corrected chi connectivity index (χ0v) is 12.7. The Balaban J connectivity index is 1.87. The predicted molar refractivity (Wildman–Crippen MR) is 76.2 cm³/mol. The van der Waals surface area contributed by atoms with Gasteiger partial charge < -0.3 is 15.3 Å². The average molecular weight is 333 g/mol. The van der Waals surface area contributed by atoms with Crippen LogP contribution in [0.15, 0.2) is 5.38 Å². The lowest BCUT2D eigenvalue weighted by molar-refractivity contribution is 0.0691. The number of carboxylic acids is 1. The maximum Gasteiger partial charge on any atom is 0.355 e. The van der Waals surface area contributed by atoms with Crippen LogP contribution in [0.3, 0.4) is 0 Å². The lowest BCUT2D eigenvalue weighted by Crippen LogP contribution is -2.41. The molecule has 0 aliphatic carbocycles. The molecule has 1 aliphatic heterocycles. The highest BCUT2D eigenvalue weighted by molar-refractivity contribution is 7.91. The quantitative estimate of drug-likeness (QED) is 0.814. The summed E-state index contributed by atoms with van der Waals surface area (Å²) in [7, 11) is -3.06. The number of rotatable bonds is 3. The Morgan fingerprint density at radius 1 is 1.38 bits per heavy atom. The van der Waals surface area contributed by atoms with Gasteiger partial charge in [0, 0.05) is 18.5 Å². The van der Waals surface area contributed by atoms with Crippen LogP contribution in [0.4, 0.5) is 4.79 Å². The smallest absolute Gasteiger partial charge is 0.355 e. The minimum atomic E-state index is -3.06. The van der Waals surface area contributed by atoms with Crippen molar-refractivity contribution in [2.75, 3.05) is 24.6 Å². The lowest BCUT2D eigenvalue weighted by atomic mass is 10.4. The first-order valence-electron chi connectivity index (χ1n) is 6.28. The molecule has 8 nitrogen and oxygen atoms in total. The first-order chi connectivity index (χ1) is 9.87. The second kappa shape index (κ2) is 6.39. The third-order valence-corrected chi connectivity index (χ3v) is 5.57. The van der Waals surface area contributed by atoms with Crippen molar-refractivity contribution in [3.05, 3.63) is 16.1 Å². The molecule has 2 amide bonds. The van der Waals surface area contributed by atoms with Gasteiger partial charge in [-0.3, -0.25) is 0 Å². The van der Waals surface area contributed by atoms with E-state index in [0.717, 1.165) is 11.3 Å². The molecule has 2 N–H and O–H groups in total. The molecule has 116 valence electrons. The number of sulfone groups is 1. The van der Waals surface area contributed by atoms with Gasteiger partial charge >= 0.3 is 12.0 Å². The molecule has 1 fully saturated rings. The topological polar surface area (TPSA) is 117 Å². The largest absolute Gasteiger partial charge is 0.476 e. The molecule has 0 atom stereocenters. The molecule has 2 heterocycles. The van der Waals surface area contributed by atoms with E-state index in [4.69, 9.17) is 5.11 Å². The van der Waals surface area contributed by atoms with Gasteiger partial charge in [0.15, 0.2) is 15.5 Å². The molecule has 1 aromatic rings. The number of hydrogen-bond acceptors (Lipinski definition) is 6. The molecule has 0 aromatic carbocycles. The number of aromatic carboxylic acids is 1. The highest BCUT2D eigenvalue weighted by Gasteiger charge is 2.22. The summed E-state index contributed by atoms with van der Waals surface area (Å²) in [6.07, 6.45) is 0.427. The maximum atomic E-state index is 12.0. The van der Waals surface area contributed by atoms with Crippen molar-refractivity contribution in [1.82, 2.24) is 15.2 Å². The third-order valence-electron chi connectivity index (χ3n) is 3.00. The molecule has 21 heavy (non-hydrogen) atoms. The summed E-state index contributed by atoms with van der Waals surface area (Å²) >= 11 is 1.15. The van der Waals surface area contributed by atoms with Crippen LogP contribution in [0, 0.1) is 0 Å². The Morgan fingerprint density at radius 2 is 2.14 bits per heavy atom. The molecule has 1 aliphatic rings. The van der Waals surface area contributed by atoms with Gasteiger partial charge in [-0.05, 0) is 6.42 Å². The second-order valence-corrected chi connectivity index (χ2v) is 7.83. The van der Waals surface area contributed by atoms with Gasteiger partial charge in [-0.25, -0.2) is 23.0 Å². The Hall–Kier alpha value is -1.68. The van der Waals surface area contributed by atoms with E-state index in [1.807, 2.05) is 0 Å². The van der Waals surface area contributed by atoms with Gasteiger partial charge in [-0.1, -0.05) is 0 Å². The fourth-order valence-electron chi connectivity index (χ4n) is 1.89. The van der Waals surface area contributed by atoms with Gasteiger partial charge in [0.25, 0.3) is 0 Å². The second-order valence-electron chi connectivity index (χ2n) is 4.58. The Kier molecular flexibility index (Phi) is 4.78. The summed E-state index contributed by atoms with van der Waals surface area (Å²) in [6.45, 7) is 0.690. The molecule has 0 saturated carbocycles. The number of urea groups is 1. The minimum absolute atomic E-state index is 0.0270. The van der Waals surface area contributed by atoms with Crippen LogP contribution in [0.1, 0.15) is 21.9 Å². The average Bonchev–Trinajstić information content (AvgIpc) is 2.81. The van der Waals surface area contributed by atoms with E-state index in [2.05, 4.69) is 10.3 Å². The van der Waals surface area contributed by atoms with Crippen molar-refractivity contribution < 1.29 is 23.1 Å². The number of carboxylic acid groups (broad SMARTS) is 1. The highest BCUT2D eigenvalue weighted by Crippen LogP contribution is 2.10. The number of amides is 2. The first kappa shape index (κ1) is 15.7. The van der Waals surface area contributed by atoms with E-state index >= 15 is 0 Å². The summed E-state index contributed by atoms with van der Waals surface area (Å²) in [5.41, 5.74) is -0.0508. The number of carbonyl (C=O) groups is 2. The van der Waals surface area contributed by atoms with Crippen molar-refractivity contribution in [1.29, 1.82) is 0 Å². The van der Waals surface area contributed by atoms with Crippen molar-refractivity contribution in [2.45, 2.75) is 13.0 Å². The first-order valence-corrected chi connectivity index (χ1v) is 8.98. The zero-order chi connectivity index (χ0) is 15.5. The Bertz CT molecular complexity index is 640. The van der Waals surface area contributed by atoms with Crippen LogP contribution in [-0.4, -0.2) is 60.0 Å². The van der Waals surface area contributed by atoms with E-state index in [0.29, 0.717) is 18.0 Å². The van der Waals surface area contributed by atoms with Crippen LogP contribution in [-0.2, 0) is 16.4 Å². The lowest BCUT2D eigenvalue weighted by Gasteiger charge is -2.19. The molecule has 0 unspecified atom stereocenters. The van der Waals surface area contributed by atoms with Crippen LogP contribution in [0.25, 0.3) is 0 Å². The van der Waals surface area contributed by atoms with Gasteiger partial charge in [-0.2, -0.15) is 0 Å². The normalized spacial score (nSPS) is 18.0. The fourth-order valence-corrected chi connectivity index (χ4v) is 3.87.